The minimum absolute atomic E-state index is 0.131. The van der Waals surface area contributed by atoms with Crippen LogP contribution in [-0.4, -0.2) is 47.3 Å². The second kappa shape index (κ2) is 9.32. The van der Waals surface area contributed by atoms with E-state index < -0.39 is 17.9 Å². The van der Waals surface area contributed by atoms with Gasteiger partial charge in [0, 0.05) is 24.2 Å². The van der Waals surface area contributed by atoms with Crippen molar-refractivity contribution >= 4 is 51.4 Å². The molecule has 3 N–H and O–H groups in total. The van der Waals surface area contributed by atoms with Crippen molar-refractivity contribution in [3.63, 3.8) is 0 Å². The number of primary amides is 1. The van der Waals surface area contributed by atoms with E-state index in [1.54, 1.807) is 11.0 Å². The first-order valence-corrected chi connectivity index (χ1v) is 10.7. The number of pyridine rings is 1. The second-order valence-electron chi connectivity index (χ2n) is 7.35. The van der Waals surface area contributed by atoms with Crippen molar-refractivity contribution in [2.24, 2.45) is 5.73 Å². The van der Waals surface area contributed by atoms with Gasteiger partial charge in [0.2, 0.25) is 0 Å². The van der Waals surface area contributed by atoms with E-state index in [9.17, 15) is 9.18 Å². The monoisotopic (exact) mass is 492 g/mol. The molecule has 2 aromatic carbocycles. The number of rotatable bonds is 5. The zero-order chi connectivity index (χ0) is 23.7. The Bertz CT molecular complexity index is 1260. The molecule has 2 heterocycles. The summed E-state index contributed by atoms with van der Waals surface area (Å²) in [4.78, 5) is 17.7. The van der Waals surface area contributed by atoms with Crippen molar-refractivity contribution in [2.45, 2.75) is 12.6 Å². The molecule has 0 radical (unpaired) electrons. The van der Waals surface area contributed by atoms with Gasteiger partial charge in [0.15, 0.2) is 16.7 Å². The SMILES string of the molecule is COc1cc2nccc(Oc3ccc(NC(=S)N4CC[C@H](F)C4)c(Cl)c3F)c2cc1C(N)=O. The molecule has 0 aliphatic carbocycles. The Morgan fingerprint density at radius 3 is 2.76 bits per heavy atom. The number of alkyl halides is 1. The van der Waals surface area contributed by atoms with Crippen LogP contribution in [0.25, 0.3) is 10.9 Å². The highest BCUT2D eigenvalue weighted by Crippen LogP contribution is 2.37. The van der Waals surface area contributed by atoms with Crippen LogP contribution in [-0.2, 0) is 0 Å². The predicted octanol–water partition coefficient (Wildman–Crippen LogP) is 4.67. The molecule has 33 heavy (non-hydrogen) atoms. The Hall–Kier alpha value is -3.24. The van der Waals surface area contributed by atoms with Crippen molar-refractivity contribution in [2.75, 3.05) is 25.5 Å². The number of hydrogen-bond acceptors (Lipinski definition) is 5. The zero-order valence-electron chi connectivity index (χ0n) is 17.4. The van der Waals surface area contributed by atoms with E-state index in [0.29, 0.717) is 23.9 Å². The lowest BCUT2D eigenvalue weighted by molar-refractivity contribution is 0.0997. The molecule has 0 bridgehead atoms. The predicted molar refractivity (Wildman–Crippen MR) is 126 cm³/mol. The summed E-state index contributed by atoms with van der Waals surface area (Å²) in [6.45, 7) is 0.655. The number of thiocarbonyl (C=S) groups is 1. The van der Waals surface area contributed by atoms with Crippen molar-refractivity contribution in [3.05, 3.63) is 52.9 Å². The van der Waals surface area contributed by atoms with Crippen LogP contribution in [0.15, 0.2) is 36.5 Å². The molecular weight excluding hydrogens is 474 g/mol. The van der Waals surface area contributed by atoms with E-state index in [0.717, 1.165) is 0 Å². The van der Waals surface area contributed by atoms with E-state index in [1.165, 1.54) is 37.6 Å². The van der Waals surface area contributed by atoms with Gasteiger partial charge < -0.3 is 25.4 Å². The minimum atomic E-state index is -0.946. The molecule has 0 spiro atoms. The number of aromatic nitrogens is 1. The van der Waals surface area contributed by atoms with Crippen molar-refractivity contribution in [1.82, 2.24) is 9.88 Å². The summed E-state index contributed by atoms with van der Waals surface area (Å²) in [6.07, 6.45) is 0.918. The number of carbonyl (C=O) groups is 1. The molecule has 1 aliphatic heterocycles. The summed E-state index contributed by atoms with van der Waals surface area (Å²) in [6, 6.07) is 7.44. The standard InChI is InChI=1S/C22H19ClF2N4O3S/c1-31-18-9-15-12(8-13(18)21(26)30)16(4-6-27-15)32-17-3-2-14(19(23)20(17)25)28-22(33)29-7-5-11(24)10-29/h2-4,6,8-9,11H,5,7,10H2,1H3,(H2,26,30)(H,28,33)/t11-/m0/s1. The lowest BCUT2D eigenvalue weighted by Crippen LogP contribution is -2.33. The Morgan fingerprint density at radius 1 is 1.30 bits per heavy atom. The fourth-order valence-electron chi connectivity index (χ4n) is 3.52. The van der Waals surface area contributed by atoms with Gasteiger partial charge in [0.25, 0.3) is 5.91 Å². The van der Waals surface area contributed by atoms with Crippen molar-refractivity contribution in [1.29, 1.82) is 0 Å². The van der Waals surface area contributed by atoms with Gasteiger partial charge in [0.05, 0.1) is 30.4 Å². The third-order valence-electron chi connectivity index (χ3n) is 5.21. The number of likely N-dealkylation sites (tertiary alicyclic amines) is 1. The molecule has 1 amide bonds. The number of benzene rings is 2. The van der Waals surface area contributed by atoms with Gasteiger partial charge in [-0.1, -0.05) is 11.6 Å². The molecule has 0 saturated carbocycles. The number of fused-ring (bicyclic) bond motifs is 1. The summed E-state index contributed by atoms with van der Waals surface area (Å²) in [5.74, 6) is -1.16. The van der Waals surface area contributed by atoms with Crippen LogP contribution in [0.2, 0.25) is 5.02 Å². The maximum absolute atomic E-state index is 15.0. The number of methoxy groups -OCH3 is 1. The number of halogens is 3. The molecule has 4 rings (SSSR count). The maximum Gasteiger partial charge on any atom is 0.252 e. The summed E-state index contributed by atoms with van der Waals surface area (Å²) in [7, 11) is 1.41. The van der Waals surface area contributed by atoms with Crippen molar-refractivity contribution in [3.8, 4) is 17.2 Å². The lowest BCUT2D eigenvalue weighted by Gasteiger charge is -2.20. The number of hydrogen-bond donors (Lipinski definition) is 2. The number of amides is 1. The number of carbonyl (C=O) groups excluding carboxylic acids is 1. The van der Waals surface area contributed by atoms with Crippen LogP contribution in [0.3, 0.4) is 0 Å². The lowest BCUT2D eigenvalue weighted by atomic mass is 10.1. The van der Waals surface area contributed by atoms with E-state index in [-0.39, 0.29) is 45.2 Å². The molecule has 7 nitrogen and oxygen atoms in total. The van der Waals surface area contributed by atoms with Gasteiger partial charge in [-0.15, -0.1) is 0 Å². The first-order chi connectivity index (χ1) is 15.8. The molecule has 0 unspecified atom stereocenters. The fraction of sp³-hybridized carbons (Fsp3) is 0.227. The van der Waals surface area contributed by atoms with Crippen LogP contribution in [0.1, 0.15) is 16.8 Å². The number of anilines is 1. The fourth-order valence-corrected chi connectivity index (χ4v) is 4.00. The molecule has 3 aromatic rings. The summed E-state index contributed by atoms with van der Waals surface area (Å²) >= 11 is 11.5. The molecule has 1 fully saturated rings. The highest BCUT2D eigenvalue weighted by Gasteiger charge is 2.25. The van der Waals surface area contributed by atoms with Gasteiger partial charge in [0.1, 0.15) is 22.7 Å². The normalized spacial score (nSPS) is 15.5. The van der Waals surface area contributed by atoms with Crippen molar-refractivity contribution < 1.29 is 23.0 Å². The first kappa shape index (κ1) is 22.9. The van der Waals surface area contributed by atoms with Crippen LogP contribution in [0.4, 0.5) is 14.5 Å². The first-order valence-electron chi connectivity index (χ1n) is 9.91. The Labute approximate surface area is 198 Å². The van der Waals surface area contributed by atoms with Gasteiger partial charge in [-0.2, -0.15) is 0 Å². The van der Waals surface area contributed by atoms with Crippen LogP contribution < -0.4 is 20.5 Å². The maximum atomic E-state index is 15.0. The third-order valence-corrected chi connectivity index (χ3v) is 5.94. The average molecular weight is 493 g/mol. The smallest absolute Gasteiger partial charge is 0.252 e. The van der Waals surface area contributed by atoms with Gasteiger partial charge in [-0.05, 0) is 42.9 Å². The topological polar surface area (TPSA) is 89.7 Å². The van der Waals surface area contributed by atoms with Crippen LogP contribution in [0.5, 0.6) is 17.2 Å². The Balaban J connectivity index is 1.63. The number of nitrogens with one attached hydrogen (secondary N) is 1. The number of nitrogens with two attached hydrogens (primary N) is 1. The van der Waals surface area contributed by atoms with E-state index >= 15 is 4.39 Å². The molecular formula is C22H19ClF2N4O3S. The van der Waals surface area contributed by atoms with Gasteiger partial charge in [-0.3, -0.25) is 9.78 Å². The molecule has 1 atom stereocenters. The summed E-state index contributed by atoms with van der Waals surface area (Å²) < 4.78 is 39.4. The summed E-state index contributed by atoms with van der Waals surface area (Å²) in [5.41, 5.74) is 6.26. The Kier molecular flexibility index (Phi) is 6.48. The van der Waals surface area contributed by atoms with Gasteiger partial charge >= 0.3 is 0 Å². The highest BCUT2D eigenvalue weighted by atomic mass is 35.5. The van der Waals surface area contributed by atoms with Gasteiger partial charge in [-0.25, -0.2) is 8.78 Å². The van der Waals surface area contributed by atoms with Crippen LogP contribution in [0, 0.1) is 5.82 Å². The molecule has 1 aromatic heterocycles. The quantitative estimate of drug-likeness (QED) is 0.500. The third kappa shape index (κ3) is 4.62. The van der Waals surface area contributed by atoms with E-state index in [4.69, 9.17) is 39.0 Å². The minimum Gasteiger partial charge on any atom is -0.496 e. The number of nitrogens with zero attached hydrogens (tertiary/aromatic N) is 2. The zero-order valence-corrected chi connectivity index (χ0v) is 19.0. The summed E-state index contributed by atoms with van der Waals surface area (Å²) in [5, 5.41) is 3.32. The molecule has 11 heteroatoms. The van der Waals surface area contributed by atoms with Crippen LogP contribution >= 0.6 is 23.8 Å². The average Bonchev–Trinajstić information content (AvgIpc) is 3.24. The largest absolute Gasteiger partial charge is 0.496 e. The molecule has 172 valence electrons. The van der Waals surface area contributed by atoms with E-state index in [2.05, 4.69) is 10.3 Å². The Morgan fingerprint density at radius 2 is 2.09 bits per heavy atom. The molecule has 1 aliphatic rings. The molecule has 1 saturated heterocycles. The number of ether oxygens (including phenoxy) is 2. The highest BCUT2D eigenvalue weighted by molar-refractivity contribution is 7.80. The second-order valence-corrected chi connectivity index (χ2v) is 8.11. The van der Waals surface area contributed by atoms with E-state index in [1.807, 2.05) is 0 Å².